The molecule has 0 saturated carbocycles. The van der Waals surface area contributed by atoms with Crippen molar-refractivity contribution >= 4 is 38.9 Å². The first-order chi connectivity index (χ1) is 37.2. The van der Waals surface area contributed by atoms with Crippen LogP contribution in [0, 0.1) is 0 Å². The van der Waals surface area contributed by atoms with Gasteiger partial charge in [0, 0.05) is 33.4 Å². The van der Waals surface area contributed by atoms with Gasteiger partial charge >= 0.3 is 0 Å². The van der Waals surface area contributed by atoms with E-state index in [9.17, 15) is 0 Å². The van der Waals surface area contributed by atoms with E-state index in [0.717, 1.165) is 22.6 Å². The molecule has 0 unspecified atom stereocenters. The van der Waals surface area contributed by atoms with Crippen LogP contribution in [0.4, 0.5) is 17.1 Å². The van der Waals surface area contributed by atoms with E-state index < -0.39 is 5.41 Å². The van der Waals surface area contributed by atoms with E-state index in [0.29, 0.717) is 0 Å². The van der Waals surface area contributed by atoms with Crippen molar-refractivity contribution in [3.05, 3.63) is 326 Å². The molecule has 13 aromatic rings. The predicted molar refractivity (Wildman–Crippen MR) is 315 cm³/mol. The SMILES string of the molecule is c1ccc(-c2cccc(N(c3ccc(-c4ccccc4-c4ccc5c6ccccc6n(-c6cccc7c6-c6ccccc6C7(c6ccccc6)c6ccccc6)c5c4)cc3)c3cccc(-c4ccccc4)c3)c2)cc1. The topological polar surface area (TPSA) is 8.17 Å². The van der Waals surface area contributed by atoms with Crippen LogP contribution in [0.15, 0.2) is 303 Å². The first kappa shape index (κ1) is 44.0. The maximum absolute atomic E-state index is 2.53. The molecule has 1 aliphatic carbocycles. The summed E-state index contributed by atoms with van der Waals surface area (Å²) in [4.78, 5) is 2.38. The molecular weight excluding hydrogens is 905 g/mol. The van der Waals surface area contributed by atoms with Crippen LogP contribution in [-0.2, 0) is 5.41 Å². The molecule has 75 heavy (non-hydrogen) atoms. The zero-order chi connectivity index (χ0) is 49.7. The Hall–Kier alpha value is -9.76. The average Bonchev–Trinajstić information content (AvgIpc) is 4.03. The van der Waals surface area contributed by atoms with Gasteiger partial charge in [0.1, 0.15) is 0 Å². The quantitative estimate of drug-likeness (QED) is 0.133. The highest BCUT2D eigenvalue weighted by molar-refractivity contribution is 6.11. The Balaban J connectivity index is 0.906. The summed E-state index contributed by atoms with van der Waals surface area (Å²) in [5.41, 5.74) is 23.4. The summed E-state index contributed by atoms with van der Waals surface area (Å²) in [6.45, 7) is 0. The van der Waals surface area contributed by atoms with Crippen LogP contribution in [0.2, 0.25) is 0 Å². The summed E-state index contributed by atoms with van der Waals surface area (Å²) in [6.07, 6.45) is 0. The van der Waals surface area contributed by atoms with Gasteiger partial charge in [-0.15, -0.1) is 0 Å². The summed E-state index contributed by atoms with van der Waals surface area (Å²) >= 11 is 0. The third-order valence-corrected chi connectivity index (χ3v) is 15.5. The van der Waals surface area contributed by atoms with E-state index in [1.165, 1.54) is 99.8 Å². The average molecular weight is 955 g/mol. The Bertz CT molecular complexity index is 4090. The van der Waals surface area contributed by atoms with Gasteiger partial charge in [-0.1, -0.05) is 249 Å². The molecule has 1 aromatic heterocycles. The number of benzene rings is 12. The van der Waals surface area contributed by atoms with Crippen LogP contribution in [-0.4, -0.2) is 4.57 Å². The normalized spacial score (nSPS) is 12.4. The molecule has 2 nitrogen and oxygen atoms in total. The summed E-state index contributed by atoms with van der Waals surface area (Å²) in [5.74, 6) is 0. The van der Waals surface area contributed by atoms with Gasteiger partial charge in [-0.2, -0.15) is 0 Å². The van der Waals surface area contributed by atoms with E-state index in [-0.39, 0.29) is 0 Å². The highest BCUT2D eigenvalue weighted by Crippen LogP contribution is 2.58. The van der Waals surface area contributed by atoms with Crippen molar-refractivity contribution in [3.8, 4) is 61.3 Å². The molecule has 14 rings (SSSR count). The smallest absolute Gasteiger partial charge is 0.0714 e. The number of anilines is 3. The molecule has 0 N–H and O–H groups in total. The number of aromatic nitrogens is 1. The first-order valence-electron chi connectivity index (χ1n) is 25.9. The molecule has 2 heteroatoms. The fourth-order valence-corrected chi connectivity index (χ4v) is 12.2. The number of fused-ring (bicyclic) bond motifs is 6. The Labute approximate surface area is 438 Å². The van der Waals surface area contributed by atoms with Crippen molar-refractivity contribution in [2.75, 3.05) is 4.90 Å². The van der Waals surface area contributed by atoms with E-state index in [1.807, 2.05) is 0 Å². The van der Waals surface area contributed by atoms with Gasteiger partial charge in [0.15, 0.2) is 0 Å². The lowest BCUT2D eigenvalue weighted by Gasteiger charge is -2.34. The van der Waals surface area contributed by atoms with Crippen molar-refractivity contribution in [1.29, 1.82) is 0 Å². The summed E-state index contributed by atoms with van der Waals surface area (Å²) in [5, 5.41) is 2.46. The van der Waals surface area contributed by atoms with E-state index in [1.54, 1.807) is 0 Å². The van der Waals surface area contributed by atoms with Crippen molar-refractivity contribution < 1.29 is 0 Å². The maximum atomic E-state index is 2.53. The standard InChI is InChI=1S/C73H50N2/c1-5-22-51(23-6-1)54-26-19-32-60(48-54)74(61-33-20-27-55(49-61)52-24-7-2-8-25-52)59-45-42-53(43-46-59)62-34-13-14-35-63(62)56-44-47-65-64-36-16-18-40-69(64)75(71(65)50-56)70-41-21-39-68-72(70)66-37-15-17-38-67(66)73(68,57-28-9-3-10-29-57)58-30-11-4-12-31-58/h1-50H. The Morgan fingerprint density at radius 2 is 0.733 bits per heavy atom. The second-order valence-corrected chi connectivity index (χ2v) is 19.6. The zero-order valence-corrected chi connectivity index (χ0v) is 41.3. The van der Waals surface area contributed by atoms with Gasteiger partial charge in [0.25, 0.3) is 0 Å². The second kappa shape index (κ2) is 18.4. The molecule has 0 radical (unpaired) electrons. The molecule has 0 aliphatic heterocycles. The van der Waals surface area contributed by atoms with Crippen LogP contribution < -0.4 is 4.90 Å². The number of hydrogen-bond donors (Lipinski definition) is 0. The third kappa shape index (κ3) is 7.33. The summed E-state index contributed by atoms with van der Waals surface area (Å²) in [6, 6.07) is 111. The predicted octanol–water partition coefficient (Wildman–Crippen LogP) is 19.3. The molecule has 0 amide bonds. The monoisotopic (exact) mass is 954 g/mol. The van der Waals surface area contributed by atoms with Gasteiger partial charge in [-0.05, 0) is 127 Å². The molecule has 352 valence electrons. The largest absolute Gasteiger partial charge is 0.310 e. The lowest BCUT2D eigenvalue weighted by Crippen LogP contribution is -2.28. The molecule has 0 bridgehead atoms. The minimum Gasteiger partial charge on any atom is -0.310 e. The Morgan fingerprint density at radius 1 is 0.267 bits per heavy atom. The summed E-state index contributed by atoms with van der Waals surface area (Å²) < 4.78 is 2.53. The second-order valence-electron chi connectivity index (χ2n) is 19.6. The molecule has 0 atom stereocenters. The molecule has 12 aromatic carbocycles. The minimum atomic E-state index is -0.502. The highest BCUT2D eigenvalue weighted by Gasteiger charge is 2.47. The van der Waals surface area contributed by atoms with Gasteiger partial charge < -0.3 is 9.47 Å². The van der Waals surface area contributed by atoms with Gasteiger partial charge in [0.2, 0.25) is 0 Å². The number of rotatable bonds is 10. The fourth-order valence-electron chi connectivity index (χ4n) is 12.2. The third-order valence-electron chi connectivity index (χ3n) is 15.5. The van der Waals surface area contributed by atoms with Crippen LogP contribution in [0.5, 0.6) is 0 Å². The molecule has 0 fully saturated rings. The van der Waals surface area contributed by atoms with E-state index in [2.05, 4.69) is 313 Å². The van der Waals surface area contributed by atoms with Crippen LogP contribution in [0.25, 0.3) is 83.1 Å². The molecule has 0 spiro atoms. The van der Waals surface area contributed by atoms with Crippen LogP contribution in [0.1, 0.15) is 22.3 Å². The van der Waals surface area contributed by atoms with Gasteiger partial charge in [-0.25, -0.2) is 0 Å². The highest BCUT2D eigenvalue weighted by atomic mass is 15.1. The van der Waals surface area contributed by atoms with E-state index >= 15 is 0 Å². The molecule has 1 heterocycles. The first-order valence-corrected chi connectivity index (χ1v) is 25.9. The van der Waals surface area contributed by atoms with E-state index in [4.69, 9.17) is 0 Å². The number of hydrogen-bond acceptors (Lipinski definition) is 1. The fraction of sp³-hybridized carbons (Fsp3) is 0.0137. The number of nitrogens with zero attached hydrogens (tertiary/aromatic N) is 2. The van der Waals surface area contributed by atoms with Gasteiger partial charge in [-0.3, -0.25) is 0 Å². The molecular formula is C73H50N2. The lowest BCUT2D eigenvalue weighted by atomic mass is 9.68. The van der Waals surface area contributed by atoms with Crippen molar-refractivity contribution in [2.45, 2.75) is 5.41 Å². The lowest BCUT2D eigenvalue weighted by molar-refractivity contribution is 0.768. The van der Waals surface area contributed by atoms with Crippen molar-refractivity contribution in [1.82, 2.24) is 4.57 Å². The van der Waals surface area contributed by atoms with Crippen molar-refractivity contribution in [3.63, 3.8) is 0 Å². The van der Waals surface area contributed by atoms with Gasteiger partial charge in [0.05, 0.1) is 22.1 Å². The molecule has 0 saturated heterocycles. The Kier molecular flexibility index (Phi) is 10.8. The minimum absolute atomic E-state index is 0.502. The van der Waals surface area contributed by atoms with Crippen molar-refractivity contribution in [2.24, 2.45) is 0 Å². The Morgan fingerprint density at radius 3 is 1.36 bits per heavy atom. The zero-order valence-electron chi connectivity index (χ0n) is 41.3. The summed E-state index contributed by atoms with van der Waals surface area (Å²) in [7, 11) is 0. The molecule has 1 aliphatic rings. The van der Waals surface area contributed by atoms with Crippen LogP contribution in [0.3, 0.4) is 0 Å². The number of para-hydroxylation sites is 1. The van der Waals surface area contributed by atoms with Crippen LogP contribution >= 0.6 is 0 Å². The maximum Gasteiger partial charge on any atom is 0.0714 e.